The van der Waals surface area contributed by atoms with Crippen molar-refractivity contribution in [3.8, 4) is 6.07 Å². The molecule has 1 aromatic carbocycles. The lowest BCUT2D eigenvalue weighted by Gasteiger charge is -2.14. The Morgan fingerprint density at radius 3 is 2.90 bits per heavy atom. The molecule has 0 aliphatic carbocycles. The van der Waals surface area contributed by atoms with Crippen LogP contribution in [0.4, 0.5) is 16.6 Å². The van der Waals surface area contributed by atoms with Gasteiger partial charge in [-0.1, -0.05) is 6.07 Å². The van der Waals surface area contributed by atoms with E-state index in [0.29, 0.717) is 16.5 Å². The van der Waals surface area contributed by atoms with Crippen molar-refractivity contribution in [1.82, 2.24) is 4.98 Å². The second-order valence-electron chi connectivity index (χ2n) is 4.23. The van der Waals surface area contributed by atoms with Gasteiger partial charge < -0.3 is 10.6 Å². The first-order valence-electron chi connectivity index (χ1n) is 5.81. The number of nitrogens with two attached hydrogens (primary N) is 1. The van der Waals surface area contributed by atoms with Gasteiger partial charge in [-0.15, -0.1) is 11.3 Å². The van der Waals surface area contributed by atoms with E-state index in [0.717, 1.165) is 11.3 Å². The molecule has 0 radical (unpaired) electrons. The van der Waals surface area contributed by atoms with E-state index >= 15 is 0 Å². The Hall–Kier alpha value is -2.59. The highest BCUT2D eigenvalue weighted by atomic mass is 32.1. The van der Waals surface area contributed by atoms with E-state index in [1.165, 1.54) is 11.3 Å². The van der Waals surface area contributed by atoms with Gasteiger partial charge in [0.15, 0.2) is 0 Å². The smallest absolute Gasteiger partial charge is 0.205 e. The standard InChI is InChI=1S/C13H14N6S/c1-19(2)11-4-3-9(5-10(11)6-14)7-16-18-13-17-12(15)8-20-13/h3-5,7-8H,15H2,1-2H3,(H,17,18). The molecule has 2 aromatic rings. The molecule has 20 heavy (non-hydrogen) atoms. The number of hydrogen-bond donors (Lipinski definition) is 2. The van der Waals surface area contributed by atoms with Crippen LogP contribution < -0.4 is 16.1 Å². The molecule has 0 amide bonds. The van der Waals surface area contributed by atoms with Gasteiger partial charge in [0, 0.05) is 19.5 Å². The molecule has 0 aliphatic heterocycles. The molecule has 0 saturated carbocycles. The summed E-state index contributed by atoms with van der Waals surface area (Å²) in [6, 6.07) is 7.76. The van der Waals surface area contributed by atoms with Crippen molar-refractivity contribution in [2.24, 2.45) is 5.10 Å². The topological polar surface area (TPSA) is 90.3 Å². The predicted octanol–water partition coefficient (Wildman–Crippen LogP) is 2.11. The Bertz CT molecular complexity index is 668. The van der Waals surface area contributed by atoms with Gasteiger partial charge in [-0.05, 0) is 17.7 Å². The quantitative estimate of drug-likeness (QED) is 0.663. The molecular formula is C13H14N6S. The van der Waals surface area contributed by atoms with Gasteiger partial charge in [-0.3, -0.25) is 5.43 Å². The van der Waals surface area contributed by atoms with Crippen molar-refractivity contribution in [3.63, 3.8) is 0 Å². The predicted molar refractivity (Wildman–Crippen MR) is 83.2 cm³/mol. The number of anilines is 3. The van der Waals surface area contributed by atoms with Crippen LogP contribution in [0.15, 0.2) is 28.7 Å². The fourth-order valence-corrected chi connectivity index (χ4v) is 2.16. The first kappa shape index (κ1) is 13.8. The lowest BCUT2D eigenvalue weighted by molar-refractivity contribution is 1.12. The minimum atomic E-state index is 0.467. The normalized spacial score (nSPS) is 10.4. The number of thiazole rings is 1. The number of hydrogen-bond acceptors (Lipinski definition) is 7. The average Bonchev–Trinajstić information content (AvgIpc) is 2.84. The van der Waals surface area contributed by atoms with Gasteiger partial charge in [0.25, 0.3) is 0 Å². The highest BCUT2D eigenvalue weighted by molar-refractivity contribution is 7.14. The molecule has 0 fully saturated rings. The highest BCUT2D eigenvalue weighted by Crippen LogP contribution is 2.19. The number of hydrazone groups is 1. The maximum Gasteiger partial charge on any atom is 0.205 e. The Kier molecular flexibility index (Phi) is 4.17. The second kappa shape index (κ2) is 6.04. The minimum Gasteiger partial charge on any atom is -0.383 e. The Balaban J connectivity index is 2.12. The van der Waals surface area contributed by atoms with E-state index in [1.54, 1.807) is 17.7 Å². The molecule has 0 unspecified atom stereocenters. The van der Waals surface area contributed by atoms with Crippen molar-refractivity contribution >= 4 is 34.2 Å². The number of nitrogens with zero attached hydrogens (tertiary/aromatic N) is 4. The van der Waals surface area contributed by atoms with Crippen LogP contribution in [-0.4, -0.2) is 25.3 Å². The van der Waals surface area contributed by atoms with E-state index < -0.39 is 0 Å². The molecule has 7 heteroatoms. The van der Waals surface area contributed by atoms with Crippen LogP contribution in [0.25, 0.3) is 0 Å². The van der Waals surface area contributed by atoms with E-state index in [1.807, 2.05) is 31.1 Å². The SMILES string of the molecule is CN(C)c1ccc(C=NNc2nc(N)cs2)cc1C#N. The largest absolute Gasteiger partial charge is 0.383 e. The van der Waals surface area contributed by atoms with E-state index in [4.69, 9.17) is 11.0 Å². The van der Waals surface area contributed by atoms with Crippen molar-refractivity contribution in [2.45, 2.75) is 0 Å². The molecule has 0 bridgehead atoms. The molecule has 1 aromatic heterocycles. The number of nitriles is 1. The summed E-state index contributed by atoms with van der Waals surface area (Å²) in [7, 11) is 3.80. The maximum atomic E-state index is 9.14. The molecule has 102 valence electrons. The zero-order chi connectivity index (χ0) is 14.5. The first-order valence-corrected chi connectivity index (χ1v) is 6.69. The van der Waals surface area contributed by atoms with Crippen LogP contribution in [0.5, 0.6) is 0 Å². The molecule has 0 aliphatic rings. The summed E-state index contributed by atoms with van der Waals surface area (Å²) in [5.41, 5.74) is 10.6. The Labute approximate surface area is 121 Å². The zero-order valence-electron chi connectivity index (χ0n) is 11.2. The monoisotopic (exact) mass is 286 g/mol. The lowest BCUT2D eigenvalue weighted by atomic mass is 10.1. The van der Waals surface area contributed by atoms with E-state index in [-0.39, 0.29) is 0 Å². The molecule has 0 atom stereocenters. The molecule has 0 saturated heterocycles. The van der Waals surface area contributed by atoms with Crippen LogP contribution in [0, 0.1) is 11.3 Å². The van der Waals surface area contributed by atoms with Gasteiger partial charge in [0.2, 0.25) is 5.13 Å². The number of nitrogen functional groups attached to an aromatic ring is 1. The highest BCUT2D eigenvalue weighted by Gasteiger charge is 2.04. The van der Waals surface area contributed by atoms with Crippen molar-refractivity contribution in [2.75, 3.05) is 30.2 Å². The van der Waals surface area contributed by atoms with Crippen molar-refractivity contribution in [1.29, 1.82) is 5.26 Å². The number of aromatic nitrogens is 1. The van der Waals surface area contributed by atoms with Crippen LogP contribution in [0.2, 0.25) is 0 Å². The summed E-state index contributed by atoms with van der Waals surface area (Å²) in [5, 5.41) is 15.6. The fourth-order valence-electron chi connectivity index (χ4n) is 1.61. The molecule has 2 rings (SSSR count). The van der Waals surface area contributed by atoms with E-state index in [9.17, 15) is 0 Å². The maximum absolute atomic E-state index is 9.14. The lowest BCUT2D eigenvalue weighted by Crippen LogP contribution is -2.10. The third kappa shape index (κ3) is 3.24. The second-order valence-corrected chi connectivity index (χ2v) is 5.09. The van der Waals surface area contributed by atoms with Crippen LogP contribution >= 0.6 is 11.3 Å². The van der Waals surface area contributed by atoms with Crippen molar-refractivity contribution < 1.29 is 0 Å². The summed E-state index contributed by atoms with van der Waals surface area (Å²) in [6.07, 6.45) is 1.64. The van der Waals surface area contributed by atoms with Crippen molar-refractivity contribution in [3.05, 3.63) is 34.7 Å². The van der Waals surface area contributed by atoms with Crippen LogP contribution in [-0.2, 0) is 0 Å². The fraction of sp³-hybridized carbons (Fsp3) is 0.154. The summed E-state index contributed by atoms with van der Waals surface area (Å²) >= 11 is 1.38. The Morgan fingerprint density at radius 1 is 1.50 bits per heavy atom. The molecule has 1 heterocycles. The van der Waals surface area contributed by atoms with Crippen LogP contribution in [0.3, 0.4) is 0 Å². The van der Waals surface area contributed by atoms with Crippen LogP contribution in [0.1, 0.15) is 11.1 Å². The summed E-state index contributed by atoms with van der Waals surface area (Å²) in [5.74, 6) is 0.467. The summed E-state index contributed by atoms with van der Waals surface area (Å²) in [4.78, 5) is 5.92. The zero-order valence-corrected chi connectivity index (χ0v) is 12.0. The third-order valence-electron chi connectivity index (χ3n) is 2.52. The van der Waals surface area contributed by atoms with Gasteiger partial charge in [-0.2, -0.15) is 10.4 Å². The van der Waals surface area contributed by atoms with Gasteiger partial charge in [0.1, 0.15) is 11.9 Å². The first-order chi connectivity index (χ1) is 9.60. The molecular weight excluding hydrogens is 272 g/mol. The molecule has 6 nitrogen and oxygen atoms in total. The summed E-state index contributed by atoms with van der Waals surface area (Å²) < 4.78 is 0. The number of nitrogens with one attached hydrogen (secondary N) is 1. The minimum absolute atomic E-state index is 0.467. The number of rotatable bonds is 4. The number of benzene rings is 1. The van der Waals surface area contributed by atoms with Gasteiger partial charge in [0.05, 0.1) is 17.5 Å². The Morgan fingerprint density at radius 2 is 2.30 bits per heavy atom. The van der Waals surface area contributed by atoms with E-state index in [2.05, 4.69) is 21.6 Å². The molecule has 3 N–H and O–H groups in total. The summed E-state index contributed by atoms with van der Waals surface area (Å²) in [6.45, 7) is 0. The average molecular weight is 286 g/mol. The molecule has 0 spiro atoms. The van der Waals surface area contributed by atoms with Gasteiger partial charge >= 0.3 is 0 Å². The third-order valence-corrected chi connectivity index (χ3v) is 3.28. The van der Waals surface area contributed by atoms with Gasteiger partial charge in [-0.25, -0.2) is 4.98 Å².